The molecular formula is C13H20O2. The van der Waals surface area contributed by atoms with Gasteiger partial charge >= 0.3 is 0 Å². The quantitative estimate of drug-likeness (QED) is 0.780. The molecule has 0 aromatic heterocycles. The molecule has 0 radical (unpaired) electrons. The summed E-state index contributed by atoms with van der Waals surface area (Å²) >= 11 is 0. The van der Waals surface area contributed by atoms with E-state index < -0.39 is 12.2 Å². The van der Waals surface area contributed by atoms with Gasteiger partial charge in [-0.1, -0.05) is 50.6 Å². The fourth-order valence-corrected chi connectivity index (χ4v) is 1.72. The first-order chi connectivity index (χ1) is 7.16. The van der Waals surface area contributed by atoms with Crippen LogP contribution < -0.4 is 0 Å². The molecule has 0 aliphatic carbocycles. The van der Waals surface area contributed by atoms with Crippen LogP contribution >= 0.6 is 0 Å². The van der Waals surface area contributed by atoms with Crippen molar-refractivity contribution in [3.05, 3.63) is 35.9 Å². The van der Waals surface area contributed by atoms with Gasteiger partial charge in [-0.3, -0.25) is 0 Å². The number of aliphatic hydroxyl groups is 2. The van der Waals surface area contributed by atoms with Crippen molar-refractivity contribution >= 4 is 0 Å². The van der Waals surface area contributed by atoms with Crippen LogP contribution in [0.15, 0.2) is 30.3 Å². The zero-order valence-corrected chi connectivity index (χ0v) is 9.43. The Morgan fingerprint density at radius 2 is 1.73 bits per heavy atom. The van der Waals surface area contributed by atoms with Crippen LogP contribution in [0.25, 0.3) is 0 Å². The minimum absolute atomic E-state index is 0.118. The third kappa shape index (κ3) is 3.33. The fraction of sp³-hybridized carbons (Fsp3) is 0.538. The number of benzene rings is 1. The number of rotatable bonds is 5. The van der Waals surface area contributed by atoms with Crippen molar-refractivity contribution in [1.82, 2.24) is 0 Å². The topological polar surface area (TPSA) is 40.5 Å². The van der Waals surface area contributed by atoms with Gasteiger partial charge in [0, 0.05) is 5.92 Å². The van der Waals surface area contributed by atoms with Gasteiger partial charge in [0.25, 0.3) is 0 Å². The molecule has 0 bridgehead atoms. The highest BCUT2D eigenvalue weighted by atomic mass is 16.3. The van der Waals surface area contributed by atoms with E-state index >= 15 is 0 Å². The smallest absolute Gasteiger partial charge is 0.0840 e. The molecule has 0 saturated carbocycles. The number of hydrogen-bond acceptors (Lipinski definition) is 2. The molecule has 1 aromatic carbocycles. The monoisotopic (exact) mass is 208 g/mol. The van der Waals surface area contributed by atoms with Crippen molar-refractivity contribution in [2.75, 3.05) is 0 Å². The summed E-state index contributed by atoms with van der Waals surface area (Å²) in [5, 5.41) is 19.8. The van der Waals surface area contributed by atoms with E-state index in [-0.39, 0.29) is 5.92 Å². The van der Waals surface area contributed by atoms with Gasteiger partial charge in [0.2, 0.25) is 0 Å². The Hall–Kier alpha value is -0.860. The van der Waals surface area contributed by atoms with Crippen LogP contribution in [0, 0.1) is 5.92 Å². The van der Waals surface area contributed by atoms with Gasteiger partial charge in [0.15, 0.2) is 0 Å². The summed E-state index contributed by atoms with van der Waals surface area (Å²) in [4.78, 5) is 0. The van der Waals surface area contributed by atoms with Gasteiger partial charge in [0.1, 0.15) is 0 Å². The van der Waals surface area contributed by atoms with Crippen LogP contribution in [0.4, 0.5) is 0 Å². The van der Waals surface area contributed by atoms with E-state index in [9.17, 15) is 10.2 Å². The highest BCUT2D eigenvalue weighted by molar-refractivity contribution is 5.18. The molecule has 0 amide bonds. The summed E-state index contributed by atoms with van der Waals surface area (Å²) in [6.45, 7) is 3.92. The average Bonchev–Trinajstić information content (AvgIpc) is 2.28. The molecule has 2 heteroatoms. The van der Waals surface area contributed by atoms with Gasteiger partial charge in [0.05, 0.1) is 12.2 Å². The molecule has 0 fully saturated rings. The Bertz CT molecular complexity index is 271. The van der Waals surface area contributed by atoms with Gasteiger partial charge in [-0.05, 0) is 12.0 Å². The molecule has 1 rings (SSSR count). The van der Waals surface area contributed by atoms with E-state index in [2.05, 4.69) is 0 Å². The fourth-order valence-electron chi connectivity index (χ4n) is 1.72. The SMILES string of the molecule is CCC[C@H](O)[C@@H](C)[C@@H](O)c1ccccc1. The van der Waals surface area contributed by atoms with Crippen molar-refractivity contribution in [2.45, 2.75) is 38.9 Å². The minimum atomic E-state index is -0.576. The molecule has 2 N–H and O–H groups in total. The maximum Gasteiger partial charge on any atom is 0.0840 e. The van der Waals surface area contributed by atoms with Crippen molar-refractivity contribution < 1.29 is 10.2 Å². The molecule has 84 valence electrons. The molecule has 0 unspecified atom stereocenters. The number of hydrogen-bond donors (Lipinski definition) is 2. The first-order valence-corrected chi connectivity index (χ1v) is 5.58. The van der Waals surface area contributed by atoms with E-state index in [0.717, 1.165) is 18.4 Å². The molecule has 2 nitrogen and oxygen atoms in total. The molecule has 3 atom stereocenters. The van der Waals surface area contributed by atoms with Gasteiger partial charge in [-0.25, -0.2) is 0 Å². The Kier molecular flexibility index (Phi) is 4.79. The third-order valence-corrected chi connectivity index (χ3v) is 2.83. The first-order valence-electron chi connectivity index (χ1n) is 5.58. The second-order valence-electron chi connectivity index (χ2n) is 4.07. The van der Waals surface area contributed by atoms with E-state index in [1.807, 2.05) is 44.2 Å². The van der Waals surface area contributed by atoms with E-state index in [1.165, 1.54) is 0 Å². The molecule has 0 saturated heterocycles. The lowest BCUT2D eigenvalue weighted by molar-refractivity contribution is 0.0164. The van der Waals surface area contributed by atoms with Crippen molar-refractivity contribution in [3.63, 3.8) is 0 Å². The lowest BCUT2D eigenvalue weighted by Gasteiger charge is -2.24. The second kappa shape index (κ2) is 5.89. The molecule has 1 aromatic rings. The van der Waals surface area contributed by atoms with Gasteiger partial charge in [-0.2, -0.15) is 0 Å². The zero-order chi connectivity index (χ0) is 11.3. The molecule has 15 heavy (non-hydrogen) atoms. The van der Waals surface area contributed by atoms with Gasteiger partial charge < -0.3 is 10.2 Å². The molecular weight excluding hydrogens is 188 g/mol. The summed E-state index contributed by atoms with van der Waals surface area (Å²) in [6, 6.07) is 9.50. The van der Waals surface area contributed by atoms with Crippen LogP contribution in [0.3, 0.4) is 0 Å². The maximum atomic E-state index is 10.0. The van der Waals surface area contributed by atoms with Crippen LogP contribution in [-0.2, 0) is 0 Å². The first kappa shape index (κ1) is 12.2. The van der Waals surface area contributed by atoms with Crippen molar-refractivity contribution in [1.29, 1.82) is 0 Å². The average molecular weight is 208 g/mol. The summed E-state index contributed by atoms with van der Waals surface area (Å²) in [6.07, 6.45) is 0.677. The maximum absolute atomic E-state index is 10.0. The van der Waals surface area contributed by atoms with Crippen LogP contribution in [0.5, 0.6) is 0 Å². The Morgan fingerprint density at radius 3 is 2.27 bits per heavy atom. The van der Waals surface area contributed by atoms with Crippen molar-refractivity contribution in [3.8, 4) is 0 Å². The molecule has 0 heterocycles. The summed E-state index contributed by atoms with van der Waals surface area (Å²) in [5.74, 6) is -0.118. The normalized spacial score (nSPS) is 17.1. The summed E-state index contributed by atoms with van der Waals surface area (Å²) < 4.78 is 0. The largest absolute Gasteiger partial charge is 0.393 e. The van der Waals surface area contributed by atoms with Crippen LogP contribution in [-0.4, -0.2) is 16.3 Å². The Balaban J connectivity index is 2.64. The van der Waals surface area contributed by atoms with Crippen LogP contribution in [0.1, 0.15) is 38.4 Å². The Morgan fingerprint density at radius 1 is 1.13 bits per heavy atom. The third-order valence-electron chi connectivity index (χ3n) is 2.83. The van der Waals surface area contributed by atoms with E-state index in [1.54, 1.807) is 0 Å². The van der Waals surface area contributed by atoms with Crippen molar-refractivity contribution in [2.24, 2.45) is 5.92 Å². The Labute approximate surface area is 91.6 Å². The highest BCUT2D eigenvalue weighted by Crippen LogP contribution is 2.25. The van der Waals surface area contributed by atoms with E-state index in [0.29, 0.717) is 0 Å². The lowest BCUT2D eigenvalue weighted by Crippen LogP contribution is -2.23. The molecule has 0 aliphatic heterocycles. The summed E-state index contributed by atoms with van der Waals surface area (Å²) in [7, 11) is 0. The van der Waals surface area contributed by atoms with Gasteiger partial charge in [-0.15, -0.1) is 0 Å². The number of aliphatic hydroxyl groups excluding tert-OH is 2. The lowest BCUT2D eigenvalue weighted by atomic mass is 9.90. The standard InChI is InChI=1S/C13H20O2/c1-3-7-12(14)10(2)13(15)11-8-5-4-6-9-11/h4-6,8-10,12-15H,3,7H2,1-2H3/t10-,12+,13-/m1/s1. The molecule has 0 spiro atoms. The van der Waals surface area contributed by atoms with E-state index in [4.69, 9.17) is 0 Å². The second-order valence-corrected chi connectivity index (χ2v) is 4.07. The molecule has 0 aliphatic rings. The van der Waals surface area contributed by atoms with Crippen LogP contribution in [0.2, 0.25) is 0 Å². The predicted octanol–water partition coefficient (Wildman–Crippen LogP) is 2.52. The minimum Gasteiger partial charge on any atom is -0.393 e. The summed E-state index contributed by atoms with van der Waals surface area (Å²) in [5.41, 5.74) is 0.875. The highest BCUT2D eigenvalue weighted by Gasteiger charge is 2.22. The predicted molar refractivity (Wildman–Crippen MR) is 61.5 cm³/mol. The zero-order valence-electron chi connectivity index (χ0n) is 9.43.